The average molecular weight is 585 g/mol. The number of benzene rings is 6. The molecule has 0 bridgehead atoms. The summed E-state index contributed by atoms with van der Waals surface area (Å²) in [5.41, 5.74) is 11.3. The van der Waals surface area contributed by atoms with E-state index < -0.39 is 0 Å². The first-order valence-electron chi connectivity index (χ1n) is 15.0. The molecule has 4 heteroatoms. The topological polar surface area (TPSA) is 53.9 Å². The zero-order valence-electron chi connectivity index (χ0n) is 24.6. The van der Waals surface area contributed by atoms with E-state index in [1.807, 2.05) is 48.5 Å². The molecule has 0 radical (unpaired) electrons. The normalized spacial score (nSPS) is 11.0. The van der Waals surface area contributed by atoms with Crippen molar-refractivity contribution >= 4 is 38.3 Å². The number of rotatable bonds is 4. The third-order valence-corrected chi connectivity index (χ3v) is 8.57. The summed E-state index contributed by atoms with van der Waals surface area (Å²) in [6.07, 6.45) is 0. The Kier molecular flexibility index (Phi) is 6.53. The number of fused-ring (bicyclic) bond motifs is 3. The lowest BCUT2D eigenvalue weighted by molar-refractivity contribution is 1.34. The summed E-state index contributed by atoms with van der Waals surface area (Å²) in [5, 5.41) is 13.7. The monoisotopic (exact) mass is 584 g/mol. The molecule has 0 aliphatic rings. The van der Waals surface area contributed by atoms with Crippen LogP contribution in [0.1, 0.15) is 5.56 Å². The molecule has 0 aliphatic carbocycles. The van der Waals surface area contributed by atoms with E-state index in [0.717, 1.165) is 77.3 Å². The first kappa shape index (κ1) is 27.0. The minimum atomic E-state index is 0.634. The van der Waals surface area contributed by atoms with E-state index in [2.05, 4.69) is 108 Å². The van der Waals surface area contributed by atoms with Crippen LogP contribution in [0.4, 0.5) is 5.69 Å². The quantitative estimate of drug-likeness (QED) is 0.193. The minimum Gasteiger partial charge on any atom is -0.246 e. The highest BCUT2D eigenvalue weighted by Gasteiger charge is 2.14. The summed E-state index contributed by atoms with van der Waals surface area (Å²) in [7, 11) is 0. The first-order chi connectivity index (χ1) is 22.7. The molecule has 0 saturated carbocycles. The Morgan fingerprint density at radius 3 is 1.30 bits per heavy atom. The number of aromatic nitrogens is 2. The van der Waals surface area contributed by atoms with E-state index in [1.54, 1.807) is 0 Å². The molecule has 0 atom stereocenters. The standard InChI is InChI=1S/C42H24N4/c1-44-30-16-14-29(15-17-30)32-19-21-38(36-9-5-3-7-34(32)36)40-23-25-41-42(46-40)24-22-39(45-41)37-20-18-31(33-6-2-4-8-35(33)37)28-12-10-27(26-43)11-13-28/h2-25H. The van der Waals surface area contributed by atoms with Crippen molar-refractivity contribution < 1.29 is 0 Å². The minimum absolute atomic E-state index is 0.634. The molecule has 0 fully saturated rings. The second-order valence-corrected chi connectivity index (χ2v) is 11.2. The second-order valence-electron chi connectivity index (χ2n) is 11.2. The van der Waals surface area contributed by atoms with Crippen molar-refractivity contribution in [3.8, 4) is 50.8 Å². The molecule has 212 valence electrons. The van der Waals surface area contributed by atoms with Gasteiger partial charge in [-0.2, -0.15) is 5.26 Å². The van der Waals surface area contributed by atoms with Gasteiger partial charge in [0.25, 0.3) is 0 Å². The van der Waals surface area contributed by atoms with Crippen LogP contribution in [0.5, 0.6) is 0 Å². The van der Waals surface area contributed by atoms with Crippen LogP contribution in [0.2, 0.25) is 0 Å². The lowest BCUT2D eigenvalue weighted by Gasteiger charge is -2.13. The van der Waals surface area contributed by atoms with E-state index in [0.29, 0.717) is 11.3 Å². The fourth-order valence-corrected chi connectivity index (χ4v) is 6.30. The van der Waals surface area contributed by atoms with Crippen molar-refractivity contribution in [3.63, 3.8) is 0 Å². The van der Waals surface area contributed by atoms with Gasteiger partial charge >= 0.3 is 0 Å². The molecule has 2 aromatic heterocycles. The van der Waals surface area contributed by atoms with Crippen molar-refractivity contribution in [1.82, 2.24) is 9.97 Å². The summed E-state index contributed by atoms with van der Waals surface area (Å²) >= 11 is 0. The molecular formula is C42H24N4. The molecule has 0 N–H and O–H groups in total. The zero-order valence-corrected chi connectivity index (χ0v) is 24.6. The van der Waals surface area contributed by atoms with Gasteiger partial charge in [0.2, 0.25) is 0 Å². The molecule has 4 nitrogen and oxygen atoms in total. The number of nitriles is 1. The summed E-state index contributed by atoms with van der Waals surface area (Å²) in [6.45, 7) is 7.27. The van der Waals surface area contributed by atoms with Crippen LogP contribution in [0.15, 0.2) is 146 Å². The molecule has 0 spiro atoms. The van der Waals surface area contributed by atoms with Gasteiger partial charge < -0.3 is 0 Å². The average Bonchev–Trinajstić information content (AvgIpc) is 3.13. The Hall–Kier alpha value is -6.62. The predicted octanol–water partition coefficient (Wildman–Crippen LogP) is 11.0. The lowest BCUT2D eigenvalue weighted by Crippen LogP contribution is -1.92. The van der Waals surface area contributed by atoms with Gasteiger partial charge in [0.05, 0.1) is 40.6 Å². The number of pyridine rings is 2. The van der Waals surface area contributed by atoms with Crippen molar-refractivity contribution in [3.05, 3.63) is 163 Å². The third kappa shape index (κ3) is 4.63. The van der Waals surface area contributed by atoms with E-state index in [1.165, 1.54) is 0 Å². The van der Waals surface area contributed by atoms with Crippen LogP contribution in [-0.2, 0) is 0 Å². The Morgan fingerprint density at radius 2 is 0.870 bits per heavy atom. The smallest absolute Gasteiger partial charge is 0.187 e. The predicted molar refractivity (Wildman–Crippen MR) is 187 cm³/mol. The van der Waals surface area contributed by atoms with Gasteiger partial charge in [-0.05, 0) is 80.2 Å². The van der Waals surface area contributed by atoms with Gasteiger partial charge in [-0.25, -0.2) is 14.8 Å². The highest BCUT2D eigenvalue weighted by Crippen LogP contribution is 2.38. The van der Waals surface area contributed by atoms with Crippen LogP contribution in [0.25, 0.3) is 82.2 Å². The van der Waals surface area contributed by atoms with Crippen LogP contribution >= 0.6 is 0 Å². The van der Waals surface area contributed by atoms with E-state index in [4.69, 9.17) is 16.5 Å². The second kappa shape index (κ2) is 11.1. The number of nitrogens with zero attached hydrogens (tertiary/aromatic N) is 4. The maximum atomic E-state index is 9.22. The van der Waals surface area contributed by atoms with Gasteiger partial charge in [0, 0.05) is 11.1 Å². The third-order valence-electron chi connectivity index (χ3n) is 8.57. The Bertz CT molecular complexity index is 2350. The van der Waals surface area contributed by atoms with E-state index >= 15 is 0 Å². The van der Waals surface area contributed by atoms with Crippen LogP contribution in [0, 0.1) is 17.9 Å². The SMILES string of the molecule is [C-]#[N+]c1ccc(-c2ccc(-c3ccc4nc(-c5ccc(-c6ccc(C#N)cc6)c6ccccc56)ccc4n3)c3ccccc23)cc1. The van der Waals surface area contributed by atoms with E-state index in [9.17, 15) is 5.26 Å². The highest BCUT2D eigenvalue weighted by atomic mass is 14.8. The summed E-state index contributed by atoms with van der Waals surface area (Å²) in [5.74, 6) is 0. The number of hydrogen-bond donors (Lipinski definition) is 0. The lowest BCUT2D eigenvalue weighted by atomic mass is 9.93. The van der Waals surface area contributed by atoms with Gasteiger partial charge in [-0.15, -0.1) is 0 Å². The molecule has 0 aliphatic heterocycles. The van der Waals surface area contributed by atoms with E-state index in [-0.39, 0.29) is 0 Å². The number of hydrogen-bond acceptors (Lipinski definition) is 3. The summed E-state index contributed by atoms with van der Waals surface area (Å²) in [4.78, 5) is 13.7. The van der Waals surface area contributed by atoms with Gasteiger partial charge in [-0.3, -0.25) is 0 Å². The van der Waals surface area contributed by atoms with Gasteiger partial charge in [-0.1, -0.05) is 109 Å². The van der Waals surface area contributed by atoms with Crippen LogP contribution < -0.4 is 0 Å². The molecule has 0 unspecified atom stereocenters. The Morgan fingerprint density at radius 1 is 0.457 bits per heavy atom. The highest BCUT2D eigenvalue weighted by molar-refractivity contribution is 6.06. The fraction of sp³-hybridized carbons (Fsp3) is 0. The first-order valence-corrected chi connectivity index (χ1v) is 15.0. The molecule has 0 amide bonds. The largest absolute Gasteiger partial charge is 0.246 e. The maximum absolute atomic E-state index is 9.22. The van der Waals surface area contributed by atoms with Crippen molar-refractivity contribution in [2.45, 2.75) is 0 Å². The van der Waals surface area contributed by atoms with Crippen molar-refractivity contribution in [1.29, 1.82) is 5.26 Å². The van der Waals surface area contributed by atoms with Crippen molar-refractivity contribution in [2.75, 3.05) is 0 Å². The molecule has 2 heterocycles. The van der Waals surface area contributed by atoms with Gasteiger partial charge in [0.1, 0.15) is 0 Å². The molecular weight excluding hydrogens is 560 g/mol. The van der Waals surface area contributed by atoms with Crippen LogP contribution in [-0.4, -0.2) is 9.97 Å². The van der Waals surface area contributed by atoms with Gasteiger partial charge in [0.15, 0.2) is 5.69 Å². The summed E-state index contributed by atoms with van der Waals surface area (Å²) in [6, 6.07) is 51.2. The molecule has 0 saturated heterocycles. The Labute approximate surface area is 266 Å². The fourth-order valence-electron chi connectivity index (χ4n) is 6.30. The summed E-state index contributed by atoms with van der Waals surface area (Å²) < 4.78 is 0. The molecule has 8 aromatic rings. The molecule has 8 rings (SSSR count). The van der Waals surface area contributed by atoms with Crippen LogP contribution in [0.3, 0.4) is 0 Å². The van der Waals surface area contributed by atoms with Crippen molar-refractivity contribution in [2.24, 2.45) is 0 Å². The molecule has 46 heavy (non-hydrogen) atoms. The Balaban J connectivity index is 1.19. The molecule has 6 aromatic carbocycles. The zero-order chi connectivity index (χ0) is 31.0. The maximum Gasteiger partial charge on any atom is 0.187 e.